The summed E-state index contributed by atoms with van der Waals surface area (Å²) < 4.78 is 5.43. The zero-order valence-corrected chi connectivity index (χ0v) is 22.4. The Morgan fingerprint density at radius 1 is 1.00 bits per heavy atom. The highest BCUT2D eigenvalue weighted by Gasteiger charge is 2.35. The van der Waals surface area contributed by atoms with Crippen LogP contribution < -0.4 is 10.6 Å². The first-order chi connectivity index (χ1) is 19.0. The molecule has 0 unspecified atom stereocenters. The molecule has 3 amide bonds. The maximum absolute atomic E-state index is 13.0. The van der Waals surface area contributed by atoms with Gasteiger partial charge in [0.05, 0.1) is 5.69 Å². The number of carbonyl (C=O) groups excluding carboxylic acids is 3. The average Bonchev–Trinajstić information content (AvgIpc) is 3.63. The molecule has 1 aliphatic rings. The number of benzene rings is 3. The predicted octanol–water partition coefficient (Wildman–Crippen LogP) is 6.46. The van der Waals surface area contributed by atoms with Crippen LogP contribution in [0, 0.1) is 0 Å². The summed E-state index contributed by atoms with van der Waals surface area (Å²) in [7, 11) is 0. The first kappa shape index (κ1) is 26.4. The van der Waals surface area contributed by atoms with Gasteiger partial charge in [-0.2, -0.15) is 0 Å². The quantitative estimate of drug-likeness (QED) is 0.270. The number of ether oxygens (including phenoxy) is 1. The van der Waals surface area contributed by atoms with Gasteiger partial charge in [-0.15, -0.1) is 11.3 Å². The predicted molar refractivity (Wildman–Crippen MR) is 152 cm³/mol. The summed E-state index contributed by atoms with van der Waals surface area (Å²) in [5.41, 5.74) is 3.43. The zero-order chi connectivity index (χ0) is 27.2. The van der Waals surface area contributed by atoms with Crippen LogP contribution in [0.25, 0.3) is 11.3 Å². The first-order valence-electron chi connectivity index (χ1n) is 12.4. The van der Waals surface area contributed by atoms with Gasteiger partial charge >= 0.3 is 6.09 Å². The molecule has 4 aromatic rings. The number of nitrogens with one attached hydrogen (secondary N) is 2. The molecule has 0 spiro atoms. The third-order valence-corrected chi connectivity index (χ3v) is 7.26. The standard InChI is InChI=1S/C29H25ClN4O4S/c30-22-13-11-20(12-14-22)26(35)31-23-9-4-8-21(16-23)24-18-39-28(32-24)33-27(36)25-10-5-15-34(25)29(37)38-17-19-6-2-1-3-7-19/h1-4,6-9,11-14,16,18,25H,5,10,15,17H2,(H,31,35)(H,32,33,36)/t25-/m0/s1. The minimum absolute atomic E-state index is 0.152. The van der Waals surface area contributed by atoms with E-state index in [2.05, 4.69) is 15.6 Å². The number of likely N-dealkylation sites (tertiary alicyclic amines) is 1. The van der Waals surface area contributed by atoms with Gasteiger partial charge < -0.3 is 15.4 Å². The van der Waals surface area contributed by atoms with E-state index in [0.717, 1.165) is 17.5 Å². The topological polar surface area (TPSA) is 101 Å². The fraction of sp³-hybridized carbons (Fsp3) is 0.172. The van der Waals surface area contributed by atoms with Crippen molar-refractivity contribution in [1.82, 2.24) is 9.88 Å². The highest BCUT2D eigenvalue weighted by Crippen LogP contribution is 2.28. The molecule has 5 rings (SSSR count). The summed E-state index contributed by atoms with van der Waals surface area (Å²) >= 11 is 7.19. The molecule has 10 heteroatoms. The van der Waals surface area contributed by atoms with E-state index in [4.69, 9.17) is 16.3 Å². The number of halogens is 1. The van der Waals surface area contributed by atoms with Crippen LogP contribution in [-0.2, 0) is 16.1 Å². The smallest absolute Gasteiger partial charge is 0.410 e. The van der Waals surface area contributed by atoms with Crippen molar-refractivity contribution in [2.75, 3.05) is 17.2 Å². The van der Waals surface area contributed by atoms with E-state index in [1.165, 1.54) is 16.2 Å². The van der Waals surface area contributed by atoms with E-state index in [1.54, 1.807) is 30.3 Å². The molecule has 0 radical (unpaired) electrons. The maximum atomic E-state index is 13.0. The van der Waals surface area contributed by atoms with Crippen molar-refractivity contribution >= 4 is 51.7 Å². The second-order valence-electron chi connectivity index (χ2n) is 8.96. The third-order valence-electron chi connectivity index (χ3n) is 6.25. The molecule has 1 saturated heterocycles. The van der Waals surface area contributed by atoms with Crippen molar-refractivity contribution in [3.05, 3.63) is 100 Å². The molecule has 3 aromatic carbocycles. The molecule has 0 saturated carbocycles. The van der Waals surface area contributed by atoms with E-state index in [9.17, 15) is 14.4 Å². The number of thiazole rings is 1. The van der Waals surface area contributed by atoms with Crippen LogP contribution in [0.3, 0.4) is 0 Å². The van der Waals surface area contributed by atoms with Gasteiger partial charge in [-0.05, 0) is 54.8 Å². The summed E-state index contributed by atoms with van der Waals surface area (Å²) in [4.78, 5) is 44.3. The molecule has 2 heterocycles. The number of hydrogen-bond acceptors (Lipinski definition) is 6. The normalized spacial score (nSPS) is 14.6. The lowest BCUT2D eigenvalue weighted by Gasteiger charge is -2.22. The Morgan fingerprint density at radius 3 is 2.59 bits per heavy atom. The summed E-state index contributed by atoms with van der Waals surface area (Å²) in [5.74, 6) is -0.549. The Morgan fingerprint density at radius 2 is 1.79 bits per heavy atom. The van der Waals surface area contributed by atoms with Crippen molar-refractivity contribution in [3.8, 4) is 11.3 Å². The second kappa shape index (κ2) is 12.1. The maximum Gasteiger partial charge on any atom is 0.410 e. The van der Waals surface area contributed by atoms with Crippen LogP contribution >= 0.6 is 22.9 Å². The second-order valence-corrected chi connectivity index (χ2v) is 10.3. The summed E-state index contributed by atoms with van der Waals surface area (Å²) in [6.45, 7) is 0.614. The van der Waals surface area contributed by atoms with Gasteiger partial charge in [-0.1, -0.05) is 54.1 Å². The molecule has 39 heavy (non-hydrogen) atoms. The highest BCUT2D eigenvalue weighted by molar-refractivity contribution is 7.14. The van der Waals surface area contributed by atoms with Crippen molar-refractivity contribution in [3.63, 3.8) is 0 Å². The molecular formula is C29H25ClN4O4S. The van der Waals surface area contributed by atoms with E-state index in [1.807, 2.05) is 53.9 Å². The summed E-state index contributed by atoms with van der Waals surface area (Å²) in [6, 6.07) is 22.7. The highest BCUT2D eigenvalue weighted by atomic mass is 35.5. The fourth-order valence-corrected chi connectivity index (χ4v) is 5.12. The van der Waals surface area contributed by atoms with Crippen LogP contribution in [0.2, 0.25) is 5.02 Å². The molecule has 8 nitrogen and oxygen atoms in total. The molecule has 0 bridgehead atoms. The fourth-order valence-electron chi connectivity index (χ4n) is 4.27. The van der Waals surface area contributed by atoms with Crippen molar-refractivity contribution in [2.45, 2.75) is 25.5 Å². The number of aromatic nitrogens is 1. The number of amides is 3. The van der Waals surface area contributed by atoms with Crippen LogP contribution in [0.1, 0.15) is 28.8 Å². The molecule has 1 atom stereocenters. The molecule has 1 fully saturated rings. The molecule has 0 aliphatic carbocycles. The first-order valence-corrected chi connectivity index (χ1v) is 13.6. The van der Waals surface area contributed by atoms with Gasteiger partial charge in [0, 0.05) is 33.8 Å². The van der Waals surface area contributed by atoms with Crippen molar-refractivity contribution < 1.29 is 19.1 Å². The van der Waals surface area contributed by atoms with Crippen LogP contribution in [0.4, 0.5) is 15.6 Å². The van der Waals surface area contributed by atoms with E-state index < -0.39 is 12.1 Å². The van der Waals surface area contributed by atoms with Gasteiger partial charge in [-0.25, -0.2) is 9.78 Å². The summed E-state index contributed by atoms with van der Waals surface area (Å²) in [6.07, 6.45) is 0.768. The Labute approximate surface area is 234 Å². The van der Waals surface area contributed by atoms with Crippen LogP contribution in [-0.4, -0.2) is 40.4 Å². The Kier molecular flexibility index (Phi) is 8.19. The number of hydrogen-bond donors (Lipinski definition) is 2. The number of anilines is 2. The molecule has 198 valence electrons. The van der Waals surface area contributed by atoms with E-state index >= 15 is 0 Å². The van der Waals surface area contributed by atoms with Crippen LogP contribution in [0.15, 0.2) is 84.2 Å². The van der Waals surface area contributed by atoms with E-state index in [0.29, 0.717) is 40.1 Å². The van der Waals surface area contributed by atoms with Gasteiger partial charge in [0.2, 0.25) is 5.91 Å². The summed E-state index contributed by atoms with van der Waals surface area (Å²) in [5, 5.41) is 8.53. The number of nitrogens with zero attached hydrogens (tertiary/aromatic N) is 2. The van der Waals surface area contributed by atoms with Gasteiger partial charge in [-0.3, -0.25) is 14.5 Å². The molecule has 2 N–H and O–H groups in total. The zero-order valence-electron chi connectivity index (χ0n) is 20.8. The van der Waals surface area contributed by atoms with E-state index in [-0.39, 0.29) is 18.4 Å². The Balaban J connectivity index is 1.20. The SMILES string of the molecule is O=C(Nc1cccc(-c2csc(NC(=O)[C@@H]3CCCN3C(=O)OCc3ccccc3)n2)c1)c1ccc(Cl)cc1. The lowest BCUT2D eigenvalue weighted by atomic mass is 10.1. The van der Waals surface area contributed by atoms with Gasteiger partial charge in [0.15, 0.2) is 5.13 Å². The van der Waals surface area contributed by atoms with Gasteiger partial charge in [0.1, 0.15) is 12.6 Å². The molecule has 1 aromatic heterocycles. The minimum Gasteiger partial charge on any atom is -0.445 e. The molecular weight excluding hydrogens is 536 g/mol. The monoisotopic (exact) mass is 560 g/mol. The number of rotatable bonds is 7. The Hall–Kier alpha value is -4.21. The largest absolute Gasteiger partial charge is 0.445 e. The minimum atomic E-state index is -0.618. The van der Waals surface area contributed by atoms with Crippen LogP contribution in [0.5, 0.6) is 0 Å². The number of carbonyl (C=O) groups is 3. The van der Waals surface area contributed by atoms with Crippen molar-refractivity contribution in [2.24, 2.45) is 0 Å². The Bertz CT molecular complexity index is 1480. The lowest BCUT2D eigenvalue weighted by molar-refractivity contribution is -0.120. The lowest BCUT2D eigenvalue weighted by Crippen LogP contribution is -2.43. The molecule has 1 aliphatic heterocycles. The average molecular weight is 561 g/mol. The van der Waals surface area contributed by atoms with Gasteiger partial charge in [0.25, 0.3) is 5.91 Å². The third kappa shape index (κ3) is 6.63. The van der Waals surface area contributed by atoms with Crippen molar-refractivity contribution in [1.29, 1.82) is 0 Å².